The molecule has 6 aromatic carbocycles. The van der Waals surface area contributed by atoms with E-state index >= 15 is 0 Å². The van der Waals surface area contributed by atoms with Crippen LogP contribution in [0.3, 0.4) is 0 Å². The summed E-state index contributed by atoms with van der Waals surface area (Å²) in [7, 11) is 10.1. The highest BCUT2D eigenvalue weighted by Gasteiger charge is 2.35. The summed E-state index contributed by atoms with van der Waals surface area (Å²) < 4.78 is 35.3. The molecule has 50 heavy (non-hydrogen) atoms. The number of ether oxygens (including phenoxy) is 6. The molecule has 9 heteroatoms. The van der Waals surface area contributed by atoms with Crippen LogP contribution in [0.25, 0.3) is 21.5 Å². The molecule has 1 unspecified atom stereocenters. The number of rotatable bonds is 7. The Bertz CT molecular complexity index is 2070. The Hall–Kier alpha value is -3.78. The van der Waals surface area contributed by atoms with Gasteiger partial charge in [0.15, 0.2) is 0 Å². The van der Waals surface area contributed by atoms with Crippen molar-refractivity contribution in [1.82, 2.24) is 0 Å². The molecule has 1 N–H and O–H groups in total. The van der Waals surface area contributed by atoms with Gasteiger partial charge in [0, 0.05) is 47.5 Å². The maximum Gasteiger partial charge on any atom is 0.144 e. The molecule has 6 aromatic rings. The SMILES string of the molecule is COC.COCCc1ccc(O)cc1.COc1ccc2ccc(OC)c(C3c4cc(I)cc(I)c4Oc4ccc5ccc(OC)cc5c43)c2c1. The number of halogens is 2. The molecule has 1 aliphatic rings. The van der Waals surface area contributed by atoms with E-state index in [1.807, 2.05) is 24.3 Å². The summed E-state index contributed by atoms with van der Waals surface area (Å²) in [6.07, 6.45) is 0.900. The molecule has 0 amide bonds. The van der Waals surface area contributed by atoms with E-state index in [4.69, 9.17) is 28.8 Å². The number of hydrogen-bond donors (Lipinski definition) is 1. The van der Waals surface area contributed by atoms with E-state index in [9.17, 15) is 0 Å². The van der Waals surface area contributed by atoms with Crippen molar-refractivity contribution in [3.63, 3.8) is 0 Å². The second-order valence-electron chi connectivity index (χ2n) is 11.5. The zero-order chi connectivity index (χ0) is 35.8. The number of aromatic hydroxyl groups is 1. The van der Waals surface area contributed by atoms with Crippen LogP contribution in [0, 0.1) is 7.14 Å². The first kappa shape index (κ1) is 37.5. The maximum absolute atomic E-state index is 8.95. The van der Waals surface area contributed by atoms with Crippen LogP contribution in [0.4, 0.5) is 0 Å². The Morgan fingerprint density at radius 2 is 1.24 bits per heavy atom. The van der Waals surface area contributed by atoms with E-state index in [1.54, 1.807) is 54.8 Å². The third kappa shape index (κ3) is 8.22. The standard InChI is InChI=1S/C30H22I2O4.C9H12O2.C2H6O/c1-33-19-8-4-16-6-10-25(35-3)27(21(16)14-19)29-23-12-18(31)13-24(32)30(23)36-26-11-7-17-5-9-20(34-2)15-22(17)28(26)29;1-11-7-6-8-2-4-9(10)5-3-8;1-3-2/h4-15,29H,1-3H3;2-5,10H,6-7H2,1H3;1-2H3. The Kier molecular flexibility index (Phi) is 13.1. The van der Waals surface area contributed by atoms with Gasteiger partial charge in [0.2, 0.25) is 0 Å². The first-order valence-electron chi connectivity index (χ1n) is 15.9. The molecule has 0 fully saturated rings. The molecule has 260 valence electrons. The number of phenols is 1. The lowest BCUT2D eigenvalue weighted by Gasteiger charge is -2.32. The summed E-state index contributed by atoms with van der Waals surface area (Å²) in [5, 5.41) is 13.4. The highest BCUT2D eigenvalue weighted by Crippen LogP contribution is 2.55. The molecule has 0 aliphatic carbocycles. The zero-order valence-electron chi connectivity index (χ0n) is 28.9. The lowest BCUT2D eigenvalue weighted by atomic mass is 9.78. The van der Waals surface area contributed by atoms with E-state index in [-0.39, 0.29) is 5.92 Å². The quantitative estimate of drug-likeness (QED) is 0.160. The first-order chi connectivity index (χ1) is 24.3. The number of methoxy groups -OCH3 is 5. The highest BCUT2D eigenvalue weighted by atomic mass is 127. The van der Waals surface area contributed by atoms with Crippen LogP contribution in [0.2, 0.25) is 0 Å². The van der Waals surface area contributed by atoms with Gasteiger partial charge in [0.05, 0.1) is 31.5 Å². The van der Waals surface area contributed by atoms with E-state index < -0.39 is 0 Å². The summed E-state index contributed by atoms with van der Waals surface area (Å²) in [4.78, 5) is 0. The number of benzene rings is 6. The van der Waals surface area contributed by atoms with Crippen LogP contribution in [0.1, 0.15) is 28.2 Å². The van der Waals surface area contributed by atoms with Crippen molar-refractivity contribution in [3.8, 4) is 34.5 Å². The van der Waals surface area contributed by atoms with Crippen LogP contribution >= 0.6 is 45.2 Å². The maximum atomic E-state index is 8.95. The first-order valence-corrected chi connectivity index (χ1v) is 18.0. The van der Waals surface area contributed by atoms with Gasteiger partial charge in [-0.15, -0.1) is 0 Å². The smallest absolute Gasteiger partial charge is 0.144 e. The third-order valence-corrected chi connectivity index (χ3v) is 9.77. The monoisotopic (exact) mass is 898 g/mol. The normalized spacial score (nSPS) is 12.8. The highest BCUT2D eigenvalue weighted by molar-refractivity contribution is 14.1. The lowest BCUT2D eigenvalue weighted by molar-refractivity contribution is 0.202. The molecular weight excluding hydrogens is 858 g/mol. The molecule has 0 saturated carbocycles. The van der Waals surface area contributed by atoms with Crippen LogP contribution in [-0.2, 0) is 15.9 Å². The van der Waals surface area contributed by atoms with Crippen molar-refractivity contribution < 1.29 is 33.5 Å². The molecule has 0 radical (unpaired) electrons. The number of phenolic OH excluding ortho intramolecular Hbond substituents is 1. The lowest BCUT2D eigenvalue weighted by Crippen LogP contribution is -2.15. The minimum Gasteiger partial charge on any atom is -0.508 e. The van der Waals surface area contributed by atoms with Gasteiger partial charge in [-0.1, -0.05) is 36.4 Å². The Morgan fingerprint density at radius 1 is 0.660 bits per heavy atom. The zero-order valence-corrected chi connectivity index (χ0v) is 33.2. The molecule has 1 heterocycles. The predicted molar refractivity (Wildman–Crippen MR) is 217 cm³/mol. The van der Waals surface area contributed by atoms with Gasteiger partial charge in [0.25, 0.3) is 0 Å². The van der Waals surface area contributed by atoms with Gasteiger partial charge in [-0.25, -0.2) is 0 Å². The van der Waals surface area contributed by atoms with Gasteiger partial charge < -0.3 is 33.5 Å². The molecule has 0 bridgehead atoms. The van der Waals surface area contributed by atoms with Crippen LogP contribution in [0.5, 0.6) is 34.5 Å². The van der Waals surface area contributed by atoms with Gasteiger partial charge in [-0.05, 0) is 139 Å². The van der Waals surface area contributed by atoms with Gasteiger partial charge in [-0.2, -0.15) is 0 Å². The van der Waals surface area contributed by atoms with Crippen molar-refractivity contribution in [2.75, 3.05) is 49.3 Å². The number of hydrogen-bond acceptors (Lipinski definition) is 7. The summed E-state index contributed by atoms with van der Waals surface area (Å²) >= 11 is 4.76. The Balaban J connectivity index is 0.000000293. The van der Waals surface area contributed by atoms with E-state index in [2.05, 4.69) is 111 Å². The minimum absolute atomic E-state index is 0.131. The summed E-state index contributed by atoms with van der Waals surface area (Å²) in [5.74, 6) is 4.35. The molecule has 1 atom stereocenters. The Morgan fingerprint density at radius 3 is 1.82 bits per heavy atom. The minimum atomic E-state index is -0.131. The van der Waals surface area contributed by atoms with E-state index in [0.717, 1.165) is 87.2 Å². The molecular formula is C41H40I2O7. The summed E-state index contributed by atoms with van der Waals surface area (Å²) in [5.41, 5.74) is 4.49. The fraction of sp³-hybridized carbons (Fsp3) is 0.220. The third-order valence-electron chi connectivity index (χ3n) is 8.35. The fourth-order valence-corrected chi connectivity index (χ4v) is 8.07. The van der Waals surface area contributed by atoms with Crippen LogP contribution < -0.4 is 18.9 Å². The second-order valence-corrected chi connectivity index (χ2v) is 13.9. The average Bonchev–Trinajstić information content (AvgIpc) is 3.13. The fourth-order valence-electron chi connectivity index (χ4n) is 6.07. The second kappa shape index (κ2) is 17.4. The summed E-state index contributed by atoms with van der Waals surface area (Å²) in [6, 6.07) is 32.3. The predicted octanol–water partition coefficient (Wildman–Crippen LogP) is 10.4. The van der Waals surface area contributed by atoms with Crippen molar-refractivity contribution in [2.24, 2.45) is 0 Å². The average molecular weight is 899 g/mol. The topological polar surface area (TPSA) is 75.6 Å². The van der Waals surface area contributed by atoms with Crippen molar-refractivity contribution >= 4 is 66.7 Å². The van der Waals surface area contributed by atoms with E-state index in [1.165, 1.54) is 5.56 Å². The number of fused-ring (bicyclic) bond motifs is 5. The molecule has 0 saturated heterocycles. The van der Waals surface area contributed by atoms with Crippen molar-refractivity contribution in [3.05, 3.63) is 126 Å². The van der Waals surface area contributed by atoms with Crippen molar-refractivity contribution in [1.29, 1.82) is 0 Å². The molecule has 0 aromatic heterocycles. The van der Waals surface area contributed by atoms with Crippen molar-refractivity contribution in [2.45, 2.75) is 12.3 Å². The largest absolute Gasteiger partial charge is 0.508 e. The van der Waals surface area contributed by atoms with Crippen LogP contribution in [0.15, 0.2) is 97.1 Å². The molecule has 0 spiro atoms. The Labute approximate surface area is 320 Å². The van der Waals surface area contributed by atoms with Gasteiger partial charge >= 0.3 is 0 Å². The molecule has 1 aliphatic heterocycles. The molecule has 7 rings (SSSR count). The van der Waals surface area contributed by atoms with Crippen LogP contribution in [-0.4, -0.2) is 54.4 Å². The molecule has 7 nitrogen and oxygen atoms in total. The van der Waals surface area contributed by atoms with Gasteiger partial charge in [0.1, 0.15) is 34.5 Å². The summed E-state index contributed by atoms with van der Waals surface area (Å²) in [6.45, 7) is 0.727. The van der Waals surface area contributed by atoms with Gasteiger partial charge in [-0.3, -0.25) is 0 Å². The van der Waals surface area contributed by atoms with E-state index in [0.29, 0.717) is 5.75 Å².